The smallest absolute Gasteiger partial charge is 0.288 e. The van der Waals surface area contributed by atoms with Crippen LogP contribution in [-0.2, 0) is 0 Å². The van der Waals surface area contributed by atoms with E-state index >= 15 is 0 Å². The van der Waals surface area contributed by atoms with Crippen molar-refractivity contribution in [2.24, 2.45) is 0 Å². The minimum absolute atomic E-state index is 0.0282. The van der Waals surface area contributed by atoms with Gasteiger partial charge in [0.2, 0.25) is 0 Å². The van der Waals surface area contributed by atoms with Crippen LogP contribution in [0.15, 0.2) is 30.5 Å². The summed E-state index contributed by atoms with van der Waals surface area (Å²) in [5, 5.41) is 19.2. The number of nitrogens with zero attached hydrogens (tertiary/aromatic N) is 2. The van der Waals surface area contributed by atoms with E-state index in [1.54, 1.807) is 6.07 Å². The Kier molecular flexibility index (Phi) is 3.24. The summed E-state index contributed by atoms with van der Waals surface area (Å²) in [5.41, 5.74) is -0.283. The summed E-state index contributed by atoms with van der Waals surface area (Å²) in [4.78, 5) is 21.9. The number of halogens is 1. The molecule has 0 saturated heterocycles. The zero-order valence-corrected chi connectivity index (χ0v) is 9.64. The highest BCUT2D eigenvalue weighted by Gasteiger charge is 2.19. The topological polar surface area (TPSA) is 101 Å². The van der Waals surface area contributed by atoms with Gasteiger partial charge in [0.1, 0.15) is 10.8 Å². The third kappa shape index (κ3) is 2.30. The third-order valence-electron chi connectivity index (χ3n) is 2.17. The van der Waals surface area contributed by atoms with Gasteiger partial charge >= 0.3 is 0 Å². The summed E-state index contributed by atoms with van der Waals surface area (Å²) < 4.78 is 0. The van der Waals surface area contributed by atoms with E-state index in [9.17, 15) is 14.9 Å². The van der Waals surface area contributed by atoms with Crippen LogP contribution in [-0.4, -0.2) is 21.0 Å². The van der Waals surface area contributed by atoms with E-state index in [2.05, 4.69) is 15.5 Å². The average Bonchev–Trinajstić information content (AvgIpc) is 2.81. The fourth-order valence-corrected chi connectivity index (χ4v) is 1.63. The quantitative estimate of drug-likeness (QED) is 0.657. The molecular weight excluding hydrogens is 260 g/mol. The van der Waals surface area contributed by atoms with Crippen molar-refractivity contribution in [3.63, 3.8) is 0 Å². The van der Waals surface area contributed by atoms with E-state index in [1.165, 1.54) is 24.4 Å². The maximum absolute atomic E-state index is 11.8. The average molecular weight is 267 g/mol. The van der Waals surface area contributed by atoms with Crippen molar-refractivity contribution in [1.29, 1.82) is 0 Å². The lowest BCUT2D eigenvalue weighted by atomic mass is 10.2. The number of benzene rings is 1. The molecule has 1 aromatic heterocycles. The molecule has 1 aromatic carbocycles. The molecule has 0 fully saturated rings. The second-order valence-corrected chi connectivity index (χ2v) is 3.70. The van der Waals surface area contributed by atoms with E-state index in [4.69, 9.17) is 11.6 Å². The van der Waals surface area contributed by atoms with Crippen molar-refractivity contribution >= 4 is 29.0 Å². The number of nitro benzene ring substituents is 1. The monoisotopic (exact) mass is 266 g/mol. The molecule has 0 aliphatic carbocycles. The Morgan fingerprint density at radius 2 is 2.22 bits per heavy atom. The Morgan fingerprint density at radius 1 is 1.44 bits per heavy atom. The molecule has 0 atom stereocenters. The first kappa shape index (κ1) is 12.1. The fourth-order valence-electron chi connectivity index (χ4n) is 1.35. The minimum Gasteiger partial charge on any atom is -0.307 e. The molecular formula is C10H7ClN4O3. The number of carbonyl (C=O) groups excluding carboxylic acids is 1. The number of H-pyrrole nitrogens is 1. The number of nitrogens with one attached hydrogen (secondary N) is 2. The largest absolute Gasteiger partial charge is 0.307 e. The lowest BCUT2D eigenvalue weighted by Gasteiger charge is -2.04. The molecule has 1 amide bonds. The van der Waals surface area contributed by atoms with Crippen molar-refractivity contribution < 1.29 is 9.72 Å². The molecule has 0 saturated carbocycles. The molecule has 8 heteroatoms. The van der Waals surface area contributed by atoms with Crippen LogP contribution in [0.5, 0.6) is 0 Å². The third-order valence-corrected chi connectivity index (χ3v) is 2.57. The molecule has 0 radical (unpaired) electrons. The van der Waals surface area contributed by atoms with Gasteiger partial charge in [0.05, 0.1) is 16.7 Å². The summed E-state index contributed by atoms with van der Waals surface area (Å²) in [6, 6.07) is 5.57. The molecule has 0 bridgehead atoms. The molecule has 2 N–H and O–H groups in total. The summed E-state index contributed by atoms with van der Waals surface area (Å²) in [6.45, 7) is 0. The van der Waals surface area contributed by atoms with E-state index < -0.39 is 10.8 Å². The van der Waals surface area contributed by atoms with Crippen LogP contribution >= 0.6 is 11.6 Å². The first-order valence-electron chi connectivity index (χ1n) is 4.83. The van der Waals surface area contributed by atoms with Gasteiger partial charge in [-0.25, -0.2) is 0 Å². The Balaban J connectivity index is 2.31. The van der Waals surface area contributed by atoms with Crippen molar-refractivity contribution in [2.45, 2.75) is 0 Å². The van der Waals surface area contributed by atoms with E-state index in [-0.39, 0.29) is 16.3 Å². The van der Waals surface area contributed by atoms with Crippen molar-refractivity contribution in [1.82, 2.24) is 10.2 Å². The zero-order chi connectivity index (χ0) is 13.1. The second kappa shape index (κ2) is 4.84. The summed E-state index contributed by atoms with van der Waals surface area (Å²) in [5.74, 6) is -0.171. The molecule has 7 nitrogen and oxygen atoms in total. The normalized spacial score (nSPS) is 10.1. The van der Waals surface area contributed by atoms with Gasteiger partial charge in [-0.15, -0.1) is 0 Å². The number of aromatic amines is 1. The van der Waals surface area contributed by atoms with E-state index in [0.717, 1.165) is 0 Å². The van der Waals surface area contributed by atoms with Crippen molar-refractivity contribution in [3.05, 3.63) is 51.2 Å². The van der Waals surface area contributed by atoms with E-state index in [0.29, 0.717) is 5.82 Å². The molecule has 0 unspecified atom stereocenters. The Labute approximate surface area is 106 Å². The molecule has 2 rings (SSSR count). The van der Waals surface area contributed by atoms with Gasteiger partial charge in [-0.05, 0) is 6.07 Å². The number of anilines is 1. The van der Waals surface area contributed by atoms with Gasteiger partial charge in [-0.2, -0.15) is 5.10 Å². The number of aromatic nitrogens is 2. The molecule has 0 spiro atoms. The number of nitro groups is 1. The highest BCUT2D eigenvalue weighted by atomic mass is 35.5. The Morgan fingerprint density at radius 3 is 2.83 bits per heavy atom. The maximum Gasteiger partial charge on any atom is 0.288 e. The van der Waals surface area contributed by atoms with Crippen LogP contribution < -0.4 is 5.32 Å². The Hall–Kier alpha value is -2.41. The molecule has 1 heterocycles. The van der Waals surface area contributed by atoms with Gasteiger partial charge in [0.15, 0.2) is 0 Å². The maximum atomic E-state index is 11.8. The summed E-state index contributed by atoms with van der Waals surface area (Å²) >= 11 is 5.81. The summed E-state index contributed by atoms with van der Waals surface area (Å²) in [6.07, 6.45) is 1.46. The number of amides is 1. The van der Waals surface area contributed by atoms with Gasteiger partial charge < -0.3 is 5.32 Å². The summed E-state index contributed by atoms with van der Waals surface area (Å²) in [7, 11) is 0. The predicted molar refractivity (Wildman–Crippen MR) is 64.6 cm³/mol. The van der Waals surface area contributed by atoms with Crippen LogP contribution in [0, 0.1) is 10.1 Å². The molecule has 0 aliphatic rings. The van der Waals surface area contributed by atoms with Gasteiger partial charge in [-0.1, -0.05) is 17.7 Å². The molecule has 92 valence electrons. The lowest BCUT2D eigenvalue weighted by Crippen LogP contribution is -2.13. The van der Waals surface area contributed by atoms with Crippen LogP contribution in [0.4, 0.5) is 11.5 Å². The highest BCUT2D eigenvalue weighted by molar-refractivity contribution is 6.36. The SMILES string of the molecule is O=C(Nc1ccn[nH]1)c1cccc([N+](=O)[O-])c1Cl. The zero-order valence-electron chi connectivity index (χ0n) is 8.88. The standard InChI is InChI=1S/C10H7ClN4O3/c11-9-6(2-1-3-7(9)15(17)18)10(16)13-8-4-5-12-14-8/h1-5H,(H2,12,13,14,16). The fraction of sp³-hybridized carbons (Fsp3) is 0. The number of carbonyl (C=O) groups is 1. The number of hydrogen-bond donors (Lipinski definition) is 2. The van der Waals surface area contributed by atoms with Crippen LogP contribution in [0.25, 0.3) is 0 Å². The minimum atomic E-state index is -0.644. The molecule has 0 aliphatic heterocycles. The van der Waals surface area contributed by atoms with Crippen LogP contribution in [0.2, 0.25) is 5.02 Å². The Bertz CT molecular complexity index is 597. The highest BCUT2D eigenvalue weighted by Crippen LogP contribution is 2.28. The number of hydrogen-bond acceptors (Lipinski definition) is 4. The van der Waals surface area contributed by atoms with E-state index in [1.807, 2.05) is 0 Å². The first-order chi connectivity index (χ1) is 8.59. The lowest BCUT2D eigenvalue weighted by molar-refractivity contribution is -0.384. The van der Waals surface area contributed by atoms with Crippen molar-refractivity contribution in [2.75, 3.05) is 5.32 Å². The predicted octanol–water partition coefficient (Wildman–Crippen LogP) is 2.22. The van der Waals surface area contributed by atoms with Gasteiger partial charge in [0.25, 0.3) is 11.6 Å². The number of rotatable bonds is 3. The first-order valence-corrected chi connectivity index (χ1v) is 5.21. The van der Waals surface area contributed by atoms with Crippen molar-refractivity contribution in [3.8, 4) is 0 Å². The van der Waals surface area contributed by atoms with Crippen LogP contribution in [0.3, 0.4) is 0 Å². The molecule has 2 aromatic rings. The molecule has 18 heavy (non-hydrogen) atoms. The van der Waals surface area contributed by atoms with Crippen LogP contribution in [0.1, 0.15) is 10.4 Å². The van der Waals surface area contributed by atoms with Gasteiger partial charge in [0, 0.05) is 12.1 Å². The second-order valence-electron chi connectivity index (χ2n) is 3.32. The van der Waals surface area contributed by atoms with Gasteiger partial charge in [-0.3, -0.25) is 20.0 Å².